The molecule has 0 bridgehead atoms. The van der Waals surface area contributed by atoms with E-state index in [2.05, 4.69) is 21.4 Å². The van der Waals surface area contributed by atoms with Gasteiger partial charge in [0.15, 0.2) is 0 Å². The van der Waals surface area contributed by atoms with Gasteiger partial charge in [-0.3, -0.25) is 0 Å². The van der Waals surface area contributed by atoms with Gasteiger partial charge in [-0.1, -0.05) is 6.07 Å². The lowest BCUT2D eigenvalue weighted by atomic mass is 9.99. The fourth-order valence-electron chi connectivity index (χ4n) is 3.89. The van der Waals surface area contributed by atoms with Crippen LogP contribution in [0.4, 0.5) is 10.5 Å². The summed E-state index contributed by atoms with van der Waals surface area (Å²) < 4.78 is 26.3. The molecule has 2 aliphatic carbocycles. The van der Waals surface area contributed by atoms with Crippen LogP contribution in [-0.2, 0) is 35.7 Å². The fraction of sp³-hybridized carbons (Fsp3) is 0.611. The normalized spacial score (nSPS) is 15.7. The molecular formula is C18H27N3O3S. The van der Waals surface area contributed by atoms with Gasteiger partial charge >= 0.3 is 6.03 Å². The van der Waals surface area contributed by atoms with Crippen molar-refractivity contribution in [1.82, 2.24) is 10.0 Å². The summed E-state index contributed by atoms with van der Waals surface area (Å²) in [6.07, 6.45) is 7.48. The van der Waals surface area contributed by atoms with E-state index in [0.717, 1.165) is 57.2 Å². The Labute approximate surface area is 149 Å². The molecule has 6 nitrogen and oxygen atoms in total. The summed E-state index contributed by atoms with van der Waals surface area (Å²) in [7, 11) is -1.77. The predicted molar refractivity (Wildman–Crippen MR) is 99.6 cm³/mol. The molecule has 0 aromatic heterocycles. The number of nitrogens with one attached hydrogen (secondary N) is 3. The van der Waals surface area contributed by atoms with Crippen molar-refractivity contribution in [3.05, 3.63) is 28.3 Å². The molecular weight excluding hydrogens is 338 g/mol. The van der Waals surface area contributed by atoms with Crippen molar-refractivity contribution in [3.63, 3.8) is 0 Å². The maximum atomic E-state index is 12.3. The molecule has 2 amide bonds. The van der Waals surface area contributed by atoms with Crippen LogP contribution >= 0.6 is 0 Å². The first kappa shape index (κ1) is 18.2. The molecule has 0 spiro atoms. The first-order chi connectivity index (χ1) is 12.0. The third kappa shape index (κ3) is 4.33. The molecule has 2 aliphatic rings. The highest BCUT2D eigenvalue weighted by Crippen LogP contribution is 2.38. The largest absolute Gasteiger partial charge is 0.332 e. The van der Waals surface area contributed by atoms with Gasteiger partial charge in [-0.2, -0.15) is 0 Å². The fourth-order valence-corrected chi connectivity index (χ4v) is 4.91. The number of aryl methyl sites for hydroxylation is 2. The van der Waals surface area contributed by atoms with E-state index in [0.29, 0.717) is 6.42 Å². The zero-order chi connectivity index (χ0) is 17.9. The number of carbonyl (C=O) groups is 1. The van der Waals surface area contributed by atoms with Gasteiger partial charge in [0.25, 0.3) is 0 Å². The second-order valence-corrected chi connectivity index (χ2v) is 8.76. The number of fused-ring (bicyclic) bond motifs is 2. The highest BCUT2D eigenvalue weighted by molar-refractivity contribution is 7.90. The number of carbonyl (C=O) groups excluding carboxylic acids is 1. The van der Waals surface area contributed by atoms with E-state index in [-0.39, 0.29) is 5.75 Å². The van der Waals surface area contributed by atoms with Crippen LogP contribution in [-0.4, -0.2) is 33.8 Å². The van der Waals surface area contributed by atoms with Crippen LogP contribution in [0.3, 0.4) is 0 Å². The number of urea groups is 1. The Morgan fingerprint density at radius 1 is 1.04 bits per heavy atom. The van der Waals surface area contributed by atoms with E-state index >= 15 is 0 Å². The zero-order valence-corrected chi connectivity index (χ0v) is 15.6. The Morgan fingerprint density at radius 3 is 2.28 bits per heavy atom. The van der Waals surface area contributed by atoms with Gasteiger partial charge in [-0.05, 0) is 87.2 Å². The molecule has 0 heterocycles. The topological polar surface area (TPSA) is 87.3 Å². The van der Waals surface area contributed by atoms with Gasteiger partial charge in [0.05, 0.1) is 5.75 Å². The average Bonchev–Trinajstić information content (AvgIpc) is 3.19. The second-order valence-electron chi connectivity index (χ2n) is 6.92. The molecule has 3 N–H and O–H groups in total. The summed E-state index contributed by atoms with van der Waals surface area (Å²) in [6.45, 7) is 0.768. The smallest absolute Gasteiger partial charge is 0.320 e. The summed E-state index contributed by atoms with van der Waals surface area (Å²) in [5, 5.41) is 5.84. The third-order valence-corrected chi connectivity index (χ3v) is 6.37. The van der Waals surface area contributed by atoms with Gasteiger partial charge in [-0.15, -0.1) is 0 Å². The van der Waals surface area contributed by atoms with E-state index in [4.69, 9.17) is 0 Å². The Bertz CT molecular complexity index is 727. The molecule has 0 saturated heterocycles. The van der Waals surface area contributed by atoms with E-state index in [1.54, 1.807) is 0 Å². The Morgan fingerprint density at radius 2 is 1.68 bits per heavy atom. The molecule has 3 rings (SSSR count). The molecule has 0 unspecified atom stereocenters. The summed E-state index contributed by atoms with van der Waals surface area (Å²) in [6, 6.07) is 1.65. The lowest BCUT2D eigenvalue weighted by molar-refractivity contribution is 0.256. The van der Waals surface area contributed by atoms with Crippen LogP contribution in [0.2, 0.25) is 0 Å². The maximum absolute atomic E-state index is 12.3. The predicted octanol–water partition coefficient (Wildman–Crippen LogP) is 2.11. The van der Waals surface area contributed by atoms with E-state index in [1.807, 2.05) is 7.05 Å². The highest BCUT2D eigenvalue weighted by Gasteiger charge is 2.25. The van der Waals surface area contributed by atoms with Crippen molar-refractivity contribution < 1.29 is 13.2 Å². The van der Waals surface area contributed by atoms with Crippen molar-refractivity contribution >= 4 is 21.7 Å². The molecule has 0 atom stereocenters. The Kier molecular flexibility index (Phi) is 5.64. The van der Waals surface area contributed by atoms with Crippen LogP contribution in [0.5, 0.6) is 0 Å². The van der Waals surface area contributed by atoms with E-state index < -0.39 is 16.1 Å². The quantitative estimate of drug-likeness (QED) is 0.646. The van der Waals surface area contributed by atoms with Crippen molar-refractivity contribution in [3.8, 4) is 0 Å². The monoisotopic (exact) mass is 365 g/mol. The van der Waals surface area contributed by atoms with Crippen molar-refractivity contribution in [2.45, 2.75) is 51.4 Å². The molecule has 0 aliphatic heterocycles. The zero-order valence-electron chi connectivity index (χ0n) is 14.8. The first-order valence-corrected chi connectivity index (χ1v) is 10.8. The number of sulfonamides is 1. The van der Waals surface area contributed by atoms with Gasteiger partial charge in [0.1, 0.15) is 0 Å². The first-order valence-electron chi connectivity index (χ1n) is 9.13. The summed E-state index contributed by atoms with van der Waals surface area (Å²) >= 11 is 0. The Hall–Kier alpha value is -1.60. The summed E-state index contributed by atoms with van der Waals surface area (Å²) in [4.78, 5) is 12.3. The van der Waals surface area contributed by atoms with Crippen LogP contribution < -0.4 is 15.4 Å². The minimum Gasteiger partial charge on any atom is -0.320 e. The molecule has 0 fully saturated rings. The van der Waals surface area contributed by atoms with Gasteiger partial charge in [0, 0.05) is 5.69 Å². The number of unbranched alkanes of at least 4 members (excludes halogenated alkanes) is 1. The minimum atomic E-state index is -3.60. The maximum Gasteiger partial charge on any atom is 0.332 e. The Balaban J connectivity index is 1.68. The summed E-state index contributed by atoms with van der Waals surface area (Å²) in [5.41, 5.74) is 5.88. The summed E-state index contributed by atoms with van der Waals surface area (Å²) in [5.74, 6) is -0.0346. The molecule has 1 aromatic rings. The molecule has 25 heavy (non-hydrogen) atoms. The van der Waals surface area contributed by atoms with E-state index in [1.165, 1.54) is 22.3 Å². The molecule has 0 radical (unpaired) electrons. The molecule has 138 valence electrons. The third-order valence-electron chi connectivity index (χ3n) is 5.05. The lowest BCUT2D eigenvalue weighted by Gasteiger charge is -2.16. The van der Waals surface area contributed by atoms with E-state index in [9.17, 15) is 13.2 Å². The minimum absolute atomic E-state index is 0.0346. The molecule has 1 aromatic carbocycles. The SMILES string of the molecule is CNCCCCS(=O)(=O)NC(=O)Nc1c2c(cc3c1CCC3)CCC2. The van der Waals surface area contributed by atoms with Crippen LogP contribution in [0.25, 0.3) is 0 Å². The molecule has 0 saturated carbocycles. The van der Waals surface area contributed by atoms with Gasteiger partial charge < -0.3 is 10.6 Å². The van der Waals surface area contributed by atoms with Crippen molar-refractivity contribution in [2.75, 3.05) is 24.7 Å². The van der Waals surface area contributed by atoms with Crippen molar-refractivity contribution in [2.24, 2.45) is 0 Å². The second kappa shape index (κ2) is 7.74. The number of rotatable bonds is 7. The molecule has 7 heteroatoms. The van der Waals surface area contributed by atoms with Gasteiger partial charge in [-0.25, -0.2) is 17.9 Å². The van der Waals surface area contributed by atoms with Crippen LogP contribution in [0, 0.1) is 0 Å². The lowest BCUT2D eigenvalue weighted by Crippen LogP contribution is -2.36. The number of hydrogen-bond acceptors (Lipinski definition) is 4. The van der Waals surface area contributed by atoms with Gasteiger partial charge in [0.2, 0.25) is 10.0 Å². The van der Waals surface area contributed by atoms with Crippen molar-refractivity contribution in [1.29, 1.82) is 0 Å². The number of hydrogen-bond donors (Lipinski definition) is 3. The average molecular weight is 365 g/mol. The number of amides is 2. The standard InChI is InChI=1S/C18H27N3O3S/c1-19-10-2-3-11-25(23,24)21-18(22)20-17-15-8-4-6-13(15)12-14-7-5-9-16(14)17/h12,19H,2-11H2,1H3,(H2,20,21,22). The van der Waals surface area contributed by atoms with Crippen LogP contribution in [0.1, 0.15) is 47.9 Å². The highest BCUT2D eigenvalue weighted by atomic mass is 32.2. The number of benzene rings is 1. The number of anilines is 1. The van der Waals surface area contributed by atoms with Crippen LogP contribution in [0.15, 0.2) is 6.07 Å².